The van der Waals surface area contributed by atoms with Crippen molar-refractivity contribution in [3.8, 4) is 11.8 Å². The van der Waals surface area contributed by atoms with E-state index in [1.807, 2.05) is 12.1 Å². The molecule has 1 aliphatic heterocycles. The van der Waals surface area contributed by atoms with E-state index in [-0.39, 0.29) is 0 Å². The number of hydrogen-bond donors (Lipinski definition) is 0. The largest absolute Gasteiger partial charge is 0.423 e. The Labute approximate surface area is 152 Å². The molecule has 5 nitrogen and oxygen atoms in total. The normalized spacial score (nSPS) is 19.3. The van der Waals surface area contributed by atoms with Gasteiger partial charge in [-0.1, -0.05) is 18.2 Å². The minimum atomic E-state index is -0.460. The number of nitriles is 1. The molecule has 0 spiro atoms. The van der Waals surface area contributed by atoms with Gasteiger partial charge in [0.05, 0.1) is 30.4 Å². The number of carbonyl (C=O) groups excluding carboxylic acids is 1. The van der Waals surface area contributed by atoms with Crippen LogP contribution in [0.15, 0.2) is 61.2 Å². The van der Waals surface area contributed by atoms with Crippen LogP contribution < -0.4 is 4.74 Å². The lowest BCUT2D eigenvalue weighted by atomic mass is 10.1. The summed E-state index contributed by atoms with van der Waals surface area (Å²) in [6, 6.07) is 15.4. The molecule has 0 saturated carbocycles. The molecule has 1 saturated heterocycles. The molecular weight excluding hydrogens is 330 g/mol. The average Bonchev–Trinajstić information content (AvgIpc) is 2.69. The van der Waals surface area contributed by atoms with Crippen molar-refractivity contribution in [2.24, 2.45) is 5.92 Å². The van der Waals surface area contributed by atoms with Crippen molar-refractivity contribution in [3.63, 3.8) is 0 Å². The molecule has 0 aromatic heterocycles. The minimum absolute atomic E-state index is 0.338. The van der Waals surface area contributed by atoms with E-state index in [9.17, 15) is 4.79 Å². The van der Waals surface area contributed by atoms with Crippen molar-refractivity contribution >= 4 is 5.97 Å². The Balaban J connectivity index is 1.59. The van der Waals surface area contributed by atoms with Gasteiger partial charge in [0.1, 0.15) is 5.75 Å². The second kappa shape index (κ2) is 8.43. The average molecular weight is 349 g/mol. The number of rotatable bonds is 5. The highest BCUT2D eigenvalue weighted by molar-refractivity contribution is 5.91. The first-order valence-corrected chi connectivity index (χ1v) is 8.36. The first kappa shape index (κ1) is 17.9. The maximum atomic E-state index is 12.2. The third kappa shape index (κ3) is 4.37. The van der Waals surface area contributed by atoms with Crippen LogP contribution in [0.5, 0.6) is 5.75 Å². The monoisotopic (exact) mass is 349 g/mol. The summed E-state index contributed by atoms with van der Waals surface area (Å²) < 4.78 is 16.8. The van der Waals surface area contributed by atoms with E-state index in [1.165, 1.54) is 0 Å². The van der Waals surface area contributed by atoms with Gasteiger partial charge >= 0.3 is 5.97 Å². The standard InChI is InChI=1S/C21H19NO4/c1-2-3-16-13-24-21(25-14-16)18-8-6-17(7-9-18)20(23)26-19-10-4-15(12-22)5-11-19/h2,4-11,16,21H,1,3,13-14H2. The Morgan fingerprint density at radius 1 is 1.15 bits per heavy atom. The fourth-order valence-corrected chi connectivity index (χ4v) is 2.65. The second-order valence-electron chi connectivity index (χ2n) is 6.04. The molecule has 1 aliphatic rings. The Kier molecular flexibility index (Phi) is 5.80. The van der Waals surface area contributed by atoms with Crippen LogP contribution in [0.25, 0.3) is 0 Å². The summed E-state index contributed by atoms with van der Waals surface area (Å²) in [5.74, 6) is 0.272. The fraction of sp³-hybridized carbons (Fsp3) is 0.238. The van der Waals surface area contributed by atoms with Gasteiger partial charge in [-0.2, -0.15) is 5.26 Å². The second-order valence-corrected chi connectivity index (χ2v) is 6.04. The number of esters is 1. The highest BCUT2D eigenvalue weighted by atomic mass is 16.7. The molecule has 132 valence electrons. The number of benzene rings is 2. The molecule has 0 radical (unpaired) electrons. The Hall–Kier alpha value is -2.94. The maximum absolute atomic E-state index is 12.2. The van der Waals surface area contributed by atoms with Crippen molar-refractivity contribution in [3.05, 3.63) is 77.9 Å². The molecule has 2 aromatic rings. The third-order valence-electron chi connectivity index (χ3n) is 4.08. The number of allylic oxidation sites excluding steroid dienone is 1. The topological polar surface area (TPSA) is 68.5 Å². The van der Waals surface area contributed by atoms with Crippen LogP contribution in [0.1, 0.15) is 34.2 Å². The van der Waals surface area contributed by atoms with Gasteiger partial charge < -0.3 is 14.2 Å². The highest BCUT2D eigenvalue weighted by Gasteiger charge is 2.23. The molecule has 2 aromatic carbocycles. The summed E-state index contributed by atoms with van der Waals surface area (Å²) in [4.78, 5) is 12.2. The highest BCUT2D eigenvalue weighted by Crippen LogP contribution is 2.26. The van der Waals surface area contributed by atoms with Crippen molar-refractivity contribution < 1.29 is 19.0 Å². The van der Waals surface area contributed by atoms with E-state index >= 15 is 0 Å². The van der Waals surface area contributed by atoms with Gasteiger partial charge in [-0.15, -0.1) is 6.58 Å². The van der Waals surface area contributed by atoms with Crippen molar-refractivity contribution in [2.45, 2.75) is 12.7 Å². The number of carbonyl (C=O) groups is 1. The van der Waals surface area contributed by atoms with Crippen LogP contribution in [0.4, 0.5) is 0 Å². The first-order chi connectivity index (χ1) is 12.7. The predicted molar refractivity (Wildman–Crippen MR) is 95.5 cm³/mol. The summed E-state index contributed by atoms with van der Waals surface area (Å²) in [5, 5.41) is 8.78. The van der Waals surface area contributed by atoms with E-state index < -0.39 is 12.3 Å². The van der Waals surface area contributed by atoms with Crippen molar-refractivity contribution in [1.29, 1.82) is 5.26 Å². The van der Waals surface area contributed by atoms with Crippen LogP contribution in [-0.4, -0.2) is 19.2 Å². The van der Waals surface area contributed by atoms with Gasteiger partial charge in [-0.05, 0) is 42.8 Å². The Morgan fingerprint density at radius 3 is 2.38 bits per heavy atom. The molecule has 1 fully saturated rings. The van der Waals surface area contributed by atoms with Crippen molar-refractivity contribution in [1.82, 2.24) is 0 Å². The van der Waals surface area contributed by atoms with Gasteiger partial charge in [0.25, 0.3) is 0 Å². The van der Waals surface area contributed by atoms with Crippen molar-refractivity contribution in [2.75, 3.05) is 13.2 Å². The van der Waals surface area contributed by atoms with Crippen LogP contribution >= 0.6 is 0 Å². The van der Waals surface area contributed by atoms with Gasteiger partial charge in [-0.25, -0.2) is 4.79 Å². The zero-order valence-corrected chi connectivity index (χ0v) is 14.3. The quantitative estimate of drug-likeness (QED) is 0.463. The van der Waals surface area contributed by atoms with E-state index in [0.29, 0.717) is 36.0 Å². The molecule has 0 unspecified atom stereocenters. The zero-order valence-electron chi connectivity index (χ0n) is 14.3. The zero-order chi connectivity index (χ0) is 18.4. The van der Waals surface area contributed by atoms with Crippen LogP contribution in [-0.2, 0) is 9.47 Å². The molecule has 5 heteroatoms. The molecule has 0 aliphatic carbocycles. The van der Waals surface area contributed by atoms with E-state index in [4.69, 9.17) is 19.5 Å². The molecule has 1 heterocycles. The molecular formula is C21H19NO4. The Bertz CT molecular complexity index is 797. The van der Waals surface area contributed by atoms with Gasteiger partial charge in [0.2, 0.25) is 0 Å². The minimum Gasteiger partial charge on any atom is -0.423 e. The molecule has 3 rings (SSSR count). The van der Waals surface area contributed by atoms with Gasteiger partial charge in [0.15, 0.2) is 6.29 Å². The van der Waals surface area contributed by atoms with Crippen LogP contribution in [0, 0.1) is 17.2 Å². The smallest absolute Gasteiger partial charge is 0.343 e. The summed E-state index contributed by atoms with van der Waals surface area (Å²) in [5.41, 5.74) is 1.80. The van der Waals surface area contributed by atoms with Gasteiger partial charge in [-0.3, -0.25) is 0 Å². The lowest BCUT2D eigenvalue weighted by Crippen LogP contribution is -2.26. The number of hydrogen-bond acceptors (Lipinski definition) is 5. The fourth-order valence-electron chi connectivity index (χ4n) is 2.65. The third-order valence-corrected chi connectivity index (χ3v) is 4.08. The van der Waals surface area contributed by atoms with Gasteiger partial charge in [0, 0.05) is 11.5 Å². The molecule has 26 heavy (non-hydrogen) atoms. The van der Waals surface area contributed by atoms with E-state index in [1.54, 1.807) is 48.5 Å². The van der Waals surface area contributed by atoms with Crippen LogP contribution in [0.3, 0.4) is 0 Å². The SMILES string of the molecule is C=CCC1COC(c2ccc(C(=O)Oc3ccc(C#N)cc3)cc2)OC1. The summed E-state index contributed by atoms with van der Waals surface area (Å²) >= 11 is 0. The molecule has 0 atom stereocenters. The van der Waals surface area contributed by atoms with Crippen LogP contribution in [0.2, 0.25) is 0 Å². The number of nitrogens with zero attached hydrogens (tertiary/aromatic N) is 1. The maximum Gasteiger partial charge on any atom is 0.343 e. The lowest BCUT2D eigenvalue weighted by molar-refractivity contribution is -0.204. The molecule has 0 bridgehead atoms. The first-order valence-electron chi connectivity index (χ1n) is 8.36. The summed E-state index contributed by atoms with van der Waals surface area (Å²) in [6.45, 7) is 4.98. The summed E-state index contributed by atoms with van der Waals surface area (Å²) in [6.07, 6.45) is 2.32. The van der Waals surface area contributed by atoms with E-state index in [2.05, 4.69) is 6.58 Å². The van der Waals surface area contributed by atoms with E-state index in [0.717, 1.165) is 12.0 Å². The summed E-state index contributed by atoms with van der Waals surface area (Å²) in [7, 11) is 0. The molecule has 0 N–H and O–H groups in total. The lowest BCUT2D eigenvalue weighted by Gasteiger charge is -2.29. The molecule has 0 amide bonds. The number of ether oxygens (including phenoxy) is 3. The Morgan fingerprint density at radius 2 is 1.81 bits per heavy atom. The predicted octanol–water partition coefficient (Wildman–Crippen LogP) is 4.02.